The predicted octanol–water partition coefficient (Wildman–Crippen LogP) is 9.68. The topological polar surface area (TPSA) is 32.6 Å². The van der Waals surface area contributed by atoms with E-state index in [2.05, 4.69) is 24.5 Å². The first-order chi connectivity index (χ1) is 19.6. The molecule has 0 amide bonds. The molecule has 0 saturated carbocycles. The maximum atomic E-state index is 13.3. The molecule has 41 heavy (non-hydrogen) atoms. The smallest absolute Gasteiger partial charge is 0.416 e. The van der Waals surface area contributed by atoms with Crippen LogP contribution in [0, 0.1) is 6.92 Å². The standard InChI is InChI=1S/C34H32F3NO3/c1-5-32-23(4)30-20-29(41-28-16-14-27(15-17-28)40-22(2)3)18-19-33(30)38(32)25-10-12-26(13-11-25)39-21-24-8-6-7-9-31(24)34(35,36)37/h6-20,22H,5,21H2,1-4H3. The average Bonchev–Trinajstić information content (AvgIpc) is 3.23. The Kier molecular flexibility index (Phi) is 7.97. The van der Waals surface area contributed by atoms with Crippen molar-refractivity contribution in [1.82, 2.24) is 4.57 Å². The number of halogens is 3. The molecule has 0 spiro atoms. The van der Waals surface area contributed by atoms with E-state index in [9.17, 15) is 13.2 Å². The molecule has 4 nitrogen and oxygen atoms in total. The summed E-state index contributed by atoms with van der Waals surface area (Å²) in [5, 5.41) is 1.09. The van der Waals surface area contributed by atoms with Crippen molar-refractivity contribution in [1.29, 1.82) is 0 Å². The monoisotopic (exact) mass is 559 g/mol. The lowest BCUT2D eigenvalue weighted by Crippen LogP contribution is -2.10. The molecule has 212 valence electrons. The summed E-state index contributed by atoms with van der Waals surface area (Å²) in [7, 11) is 0. The molecule has 1 heterocycles. The Morgan fingerprint density at radius 1 is 0.780 bits per heavy atom. The summed E-state index contributed by atoms with van der Waals surface area (Å²) >= 11 is 0. The van der Waals surface area contributed by atoms with Crippen LogP contribution in [0.3, 0.4) is 0 Å². The number of hydrogen-bond donors (Lipinski definition) is 0. The molecule has 0 aliphatic carbocycles. The van der Waals surface area contributed by atoms with Crippen LogP contribution in [0.4, 0.5) is 13.2 Å². The van der Waals surface area contributed by atoms with E-state index in [0.717, 1.165) is 51.9 Å². The summed E-state index contributed by atoms with van der Waals surface area (Å²) in [6.07, 6.45) is -3.50. The highest BCUT2D eigenvalue weighted by Gasteiger charge is 2.33. The minimum Gasteiger partial charge on any atom is -0.491 e. The second-order valence-electron chi connectivity index (χ2n) is 10.1. The van der Waals surface area contributed by atoms with E-state index in [1.54, 1.807) is 18.2 Å². The number of nitrogens with zero attached hydrogens (tertiary/aromatic N) is 1. The molecule has 0 fully saturated rings. The van der Waals surface area contributed by atoms with Crippen LogP contribution in [-0.2, 0) is 19.2 Å². The number of rotatable bonds is 9. The molecule has 0 radical (unpaired) electrons. The number of aromatic nitrogens is 1. The van der Waals surface area contributed by atoms with Crippen LogP contribution in [0.1, 0.15) is 43.2 Å². The summed E-state index contributed by atoms with van der Waals surface area (Å²) in [5.41, 5.74) is 3.73. The Morgan fingerprint density at radius 3 is 2.07 bits per heavy atom. The van der Waals surface area contributed by atoms with Crippen molar-refractivity contribution in [2.75, 3.05) is 0 Å². The molecule has 4 aromatic carbocycles. The minimum atomic E-state index is -4.42. The molecule has 7 heteroatoms. The van der Waals surface area contributed by atoms with E-state index in [-0.39, 0.29) is 18.3 Å². The van der Waals surface area contributed by atoms with Crippen molar-refractivity contribution in [3.05, 3.63) is 113 Å². The number of alkyl halides is 3. The van der Waals surface area contributed by atoms with Crippen molar-refractivity contribution in [3.63, 3.8) is 0 Å². The van der Waals surface area contributed by atoms with Gasteiger partial charge < -0.3 is 18.8 Å². The highest BCUT2D eigenvalue weighted by Crippen LogP contribution is 2.35. The second kappa shape index (κ2) is 11.6. The molecule has 1 aromatic heterocycles. The van der Waals surface area contributed by atoms with Gasteiger partial charge in [-0.3, -0.25) is 0 Å². The lowest BCUT2D eigenvalue weighted by molar-refractivity contribution is -0.138. The van der Waals surface area contributed by atoms with Gasteiger partial charge in [0, 0.05) is 22.3 Å². The van der Waals surface area contributed by atoms with Crippen LogP contribution in [-0.4, -0.2) is 10.7 Å². The van der Waals surface area contributed by atoms with Gasteiger partial charge in [-0.05, 0) is 106 Å². The Labute approximate surface area is 237 Å². The molecule has 0 aliphatic heterocycles. The Hall–Kier alpha value is -4.39. The zero-order valence-electron chi connectivity index (χ0n) is 23.5. The number of hydrogen-bond acceptors (Lipinski definition) is 3. The highest BCUT2D eigenvalue weighted by molar-refractivity contribution is 5.88. The summed E-state index contributed by atoms with van der Waals surface area (Å²) in [4.78, 5) is 0. The van der Waals surface area contributed by atoms with E-state index in [0.29, 0.717) is 5.75 Å². The van der Waals surface area contributed by atoms with Gasteiger partial charge in [0.2, 0.25) is 0 Å². The lowest BCUT2D eigenvalue weighted by atomic mass is 10.1. The van der Waals surface area contributed by atoms with Gasteiger partial charge in [-0.1, -0.05) is 25.1 Å². The minimum absolute atomic E-state index is 0.0993. The van der Waals surface area contributed by atoms with E-state index in [4.69, 9.17) is 14.2 Å². The maximum absolute atomic E-state index is 13.3. The Morgan fingerprint density at radius 2 is 1.41 bits per heavy atom. The largest absolute Gasteiger partial charge is 0.491 e. The van der Waals surface area contributed by atoms with Gasteiger partial charge in [-0.15, -0.1) is 0 Å². The Bertz CT molecular complexity index is 1640. The molecular weight excluding hydrogens is 527 g/mol. The summed E-state index contributed by atoms with van der Waals surface area (Å²) in [6, 6.07) is 26.5. The normalized spacial score (nSPS) is 11.7. The number of fused-ring (bicyclic) bond motifs is 1. The van der Waals surface area contributed by atoms with E-state index in [1.807, 2.05) is 62.4 Å². The first kappa shape index (κ1) is 28.1. The number of ether oxygens (including phenoxy) is 3. The SMILES string of the molecule is CCc1c(C)c2cc(Oc3ccc(OC(C)C)cc3)ccc2n1-c1ccc(OCc2ccccc2C(F)(F)F)cc1. The van der Waals surface area contributed by atoms with Crippen LogP contribution >= 0.6 is 0 Å². The quantitative estimate of drug-likeness (QED) is 0.180. The second-order valence-corrected chi connectivity index (χ2v) is 10.1. The first-order valence-corrected chi connectivity index (χ1v) is 13.6. The average molecular weight is 560 g/mol. The predicted molar refractivity (Wildman–Crippen MR) is 155 cm³/mol. The fourth-order valence-electron chi connectivity index (χ4n) is 5.03. The lowest BCUT2D eigenvalue weighted by Gasteiger charge is -2.14. The van der Waals surface area contributed by atoms with Crippen LogP contribution < -0.4 is 14.2 Å². The maximum Gasteiger partial charge on any atom is 0.416 e. The third kappa shape index (κ3) is 6.19. The fraction of sp³-hybridized carbons (Fsp3) is 0.235. The molecule has 0 bridgehead atoms. The molecular formula is C34H32F3NO3. The molecule has 5 aromatic rings. The number of benzene rings is 4. The van der Waals surface area contributed by atoms with E-state index >= 15 is 0 Å². The fourth-order valence-corrected chi connectivity index (χ4v) is 5.03. The zero-order chi connectivity index (χ0) is 29.1. The third-order valence-corrected chi connectivity index (χ3v) is 6.89. The van der Waals surface area contributed by atoms with Crippen LogP contribution in [0.2, 0.25) is 0 Å². The van der Waals surface area contributed by atoms with Gasteiger partial charge in [0.1, 0.15) is 29.6 Å². The number of aryl methyl sites for hydroxylation is 1. The van der Waals surface area contributed by atoms with Crippen LogP contribution in [0.5, 0.6) is 23.0 Å². The summed E-state index contributed by atoms with van der Waals surface area (Å²) < 4.78 is 59.8. The van der Waals surface area contributed by atoms with Crippen molar-refractivity contribution < 1.29 is 27.4 Å². The van der Waals surface area contributed by atoms with Gasteiger partial charge in [-0.25, -0.2) is 0 Å². The van der Waals surface area contributed by atoms with Crippen molar-refractivity contribution in [3.8, 4) is 28.7 Å². The van der Waals surface area contributed by atoms with Crippen LogP contribution in [0.15, 0.2) is 91.0 Å². The molecule has 0 saturated heterocycles. The molecule has 5 rings (SSSR count). The van der Waals surface area contributed by atoms with E-state index < -0.39 is 11.7 Å². The third-order valence-electron chi connectivity index (χ3n) is 6.89. The van der Waals surface area contributed by atoms with Gasteiger partial charge in [0.05, 0.1) is 17.2 Å². The van der Waals surface area contributed by atoms with Crippen molar-refractivity contribution in [2.24, 2.45) is 0 Å². The summed E-state index contributed by atoms with van der Waals surface area (Å²) in [6.45, 7) is 8.03. The van der Waals surface area contributed by atoms with Gasteiger partial charge in [0.25, 0.3) is 0 Å². The molecule has 0 unspecified atom stereocenters. The Balaban J connectivity index is 1.37. The molecule has 0 atom stereocenters. The van der Waals surface area contributed by atoms with Gasteiger partial charge >= 0.3 is 6.18 Å². The van der Waals surface area contributed by atoms with Crippen molar-refractivity contribution >= 4 is 10.9 Å². The van der Waals surface area contributed by atoms with E-state index in [1.165, 1.54) is 17.8 Å². The molecule has 0 N–H and O–H groups in total. The van der Waals surface area contributed by atoms with Crippen LogP contribution in [0.25, 0.3) is 16.6 Å². The molecule has 0 aliphatic rings. The summed E-state index contributed by atoms with van der Waals surface area (Å²) in [5.74, 6) is 2.76. The zero-order valence-corrected chi connectivity index (χ0v) is 23.5. The van der Waals surface area contributed by atoms with Crippen molar-refractivity contribution in [2.45, 2.75) is 53.0 Å². The highest BCUT2D eigenvalue weighted by atomic mass is 19.4. The van der Waals surface area contributed by atoms with Gasteiger partial charge in [-0.2, -0.15) is 13.2 Å². The first-order valence-electron chi connectivity index (χ1n) is 13.6. The van der Waals surface area contributed by atoms with Gasteiger partial charge in [0.15, 0.2) is 0 Å².